The van der Waals surface area contributed by atoms with Crippen LogP contribution in [0.4, 0.5) is 0 Å². The molecule has 0 unspecified atom stereocenters. The molecule has 0 aromatic rings. The fraction of sp³-hybridized carbons (Fsp3) is 1.00. The van der Waals surface area contributed by atoms with Gasteiger partial charge in [-0.25, -0.2) is 0 Å². The zero-order valence-corrected chi connectivity index (χ0v) is 14.7. The van der Waals surface area contributed by atoms with Crippen molar-refractivity contribution in [2.24, 2.45) is 11.8 Å². The second-order valence-electron chi connectivity index (χ2n) is 6.39. The molecule has 0 heterocycles. The topological polar surface area (TPSA) is 29.5 Å². The van der Waals surface area contributed by atoms with Crippen LogP contribution in [0, 0.1) is 11.8 Å². The third-order valence-electron chi connectivity index (χ3n) is 3.88. The molecule has 0 amide bonds. The van der Waals surface area contributed by atoms with Gasteiger partial charge in [-0.05, 0) is 31.1 Å². The first-order valence-electron chi connectivity index (χ1n) is 8.38. The van der Waals surface area contributed by atoms with E-state index in [0.717, 1.165) is 18.8 Å². The predicted octanol–water partition coefficient (Wildman–Crippen LogP) is 5.01. The Labute approximate surface area is 131 Å². The molecule has 0 saturated heterocycles. The van der Waals surface area contributed by atoms with Gasteiger partial charge in [0.2, 0.25) is 0 Å². The normalized spacial score (nSPS) is 16.4. The quantitative estimate of drug-likeness (QED) is 0.484. The molecule has 0 aliphatic rings. The van der Waals surface area contributed by atoms with Crippen molar-refractivity contribution in [3.63, 3.8) is 0 Å². The summed E-state index contributed by atoms with van der Waals surface area (Å²) >= 11 is 5.62. The summed E-state index contributed by atoms with van der Waals surface area (Å²) < 4.78 is 5.87. The van der Waals surface area contributed by atoms with Crippen molar-refractivity contribution in [3.8, 4) is 0 Å². The molecular weight excluding hydrogens is 272 g/mol. The predicted molar refractivity (Wildman–Crippen MR) is 88.5 cm³/mol. The summed E-state index contributed by atoms with van der Waals surface area (Å²) in [6.07, 6.45) is 8.37. The molecule has 0 radical (unpaired) electrons. The molecule has 122 valence electrons. The number of unbranched alkanes of at least 4 members (excludes halogenated alkanes) is 1. The van der Waals surface area contributed by atoms with Gasteiger partial charge in [0.05, 0.1) is 24.7 Å². The van der Waals surface area contributed by atoms with Crippen molar-refractivity contribution in [3.05, 3.63) is 0 Å². The Bertz CT molecular complexity index is 209. The summed E-state index contributed by atoms with van der Waals surface area (Å²) in [5, 5.41) is 9.52. The Balaban J connectivity index is 4.12. The lowest BCUT2D eigenvalue weighted by Gasteiger charge is -2.23. The number of halogens is 1. The number of aliphatic hydroxyl groups is 1. The first kappa shape index (κ1) is 20.2. The number of aliphatic hydroxyl groups excluding tert-OH is 1. The van der Waals surface area contributed by atoms with Crippen LogP contribution < -0.4 is 0 Å². The maximum atomic E-state index is 9.52. The Morgan fingerprint density at radius 2 is 1.80 bits per heavy atom. The van der Waals surface area contributed by atoms with E-state index >= 15 is 0 Å². The van der Waals surface area contributed by atoms with Crippen LogP contribution >= 0.6 is 11.6 Å². The third kappa shape index (κ3) is 10.9. The van der Waals surface area contributed by atoms with Gasteiger partial charge in [-0.2, -0.15) is 0 Å². The van der Waals surface area contributed by atoms with E-state index in [4.69, 9.17) is 16.3 Å². The number of ether oxygens (including phenoxy) is 1. The number of rotatable bonds is 13. The minimum atomic E-state index is -0.534. The first-order valence-corrected chi connectivity index (χ1v) is 8.92. The average Bonchev–Trinajstić information content (AvgIpc) is 2.43. The molecule has 3 atom stereocenters. The SMILES string of the molecule is CCCC[C@H](CC)CC[C@@H](CC(C)C)OC[C@H](O)CCl. The van der Waals surface area contributed by atoms with Crippen molar-refractivity contribution in [1.82, 2.24) is 0 Å². The molecule has 20 heavy (non-hydrogen) atoms. The van der Waals surface area contributed by atoms with E-state index in [1.807, 2.05) is 0 Å². The zero-order chi connectivity index (χ0) is 15.4. The largest absolute Gasteiger partial charge is 0.389 e. The molecule has 0 rings (SSSR count). The zero-order valence-electron chi connectivity index (χ0n) is 13.9. The Morgan fingerprint density at radius 1 is 1.10 bits per heavy atom. The smallest absolute Gasteiger partial charge is 0.0908 e. The fourth-order valence-corrected chi connectivity index (χ4v) is 2.64. The summed E-state index contributed by atoms with van der Waals surface area (Å²) in [5.41, 5.74) is 0. The highest BCUT2D eigenvalue weighted by molar-refractivity contribution is 6.18. The number of alkyl halides is 1. The molecule has 1 N–H and O–H groups in total. The minimum absolute atomic E-state index is 0.252. The van der Waals surface area contributed by atoms with Gasteiger partial charge in [-0.15, -0.1) is 11.6 Å². The van der Waals surface area contributed by atoms with E-state index in [0.29, 0.717) is 12.5 Å². The molecule has 3 heteroatoms. The van der Waals surface area contributed by atoms with Crippen LogP contribution in [-0.2, 0) is 4.74 Å². The van der Waals surface area contributed by atoms with Crippen molar-refractivity contribution in [2.75, 3.05) is 12.5 Å². The summed E-state index contributed by atoms with van der Waals surface area (Å²) in [6, 6.07) is 0. The van der Waals surface area contributed by atoms with Gasteiger partial charge in [0.1, 0.15) is 0 Å². The van der Waals surface area contributed by atoms with Gasteiger partial charge < -0.3 is 9.84 Å². The van der Waals surface area contributed by atoms with Crippen LogP contribution in [0.1, 0.15) is 72.6 Å². The van der Waals surface area contributed by atoms with E-state index in [1.165, 1.54) is 32.1 Å². The van der Waals surface area contributed by atoms with Gasteiger partial charge in [-0.1, -0.05) is 53.4 Å². The lowest BCUT2D eigenvalue weighted by Crippen LogP contribution is -2.24. The average molecular weight is 307 g/mol. The van der Waals surface area contributed by atoms with E-state index < -0.39 is 6.10 Å². The third-order valence-corrected chi connectivity index (χ3v) is 4.23. The molecule has 0 spiro atoms. The van der Waals surface area contributed by atoms with Crippen molar-refractivity contribution < 1.29 is 9.84 Å². The van der Waals surface area contributed by atoms with Crippen molar-refractivity contribution in [1.29, 1.82) is 0 Å². The van der Waals surface area contributed by atoms with Gasteiger partial charge in [0, 0.05) is 0 Å². The van der Waals surface area contributed by atoms with E-state index in [9.17, 15) is 5.11 Å². The molecule has 0 aliphatic heterocycles. The van der Waals surface area contributed by atoms with Crippen LogP contribution in [0.25, 0.3) is 0 Å². The van der Waals surface area contributed by atoms with Crippen LogP contribution in [-0.4, -0.2) is 29.8 Å². The Hall–Kier alpha value is 0.210. The van der Waals surface area contributed by atoms with Gasteiger partial charge in [-0.3, -0.25) is 0 Å². The second-order valence-corrected chi connectivity index (χ2v) is 6.70. The van der Waals surface area contributed by atoms with Crippen LogP contribution in [0.5, 0.6) is 0 Å². The summed E-state index contributed by atoms with van der Waals surface area (Å²) in [7, 11) is 0. The van der Waals surface area contributed by atoms with E-state index in [2.05, 4.69) is 27.7 Å². The number of hydrogen-bond acceptors (Lipinski definition) is 2. The summed E-state index contributed by atoms with van der Waals surface area (Å²) in [5.74, 6) is 1.71. The monoisotopic (exact) mass is 306 g/mol. The second kappa shape index (κ2) is 12.9. The van der Waals surface area contributed by atoms with Gasteiger partial charge in [0.15, 0.2) is 0 Å². The molecule has 0 aliphatic carbocycles. The summed E-state index contributed by atoms with van der Waals surface area (Å²) in [6.45, 7) is 9.36. The lowest BCUT2D eigenvalue weighted by atomic mass is 9.91. The number of hydrogen-bond donors (Lipinski definition) is 1. The van der Waals surface area contributed by atoms with Gasteiger partial charge in [0.25, 0.3) is 0 Å². The standard InChI is InChI=1S/C17H35ClO2/c1-5-7-8-15(6-2)9-10-17(11-14(3)4)20-13-16(19)12-18/h14-17,19H,5-13H2,1-4H3/t15-,16+,17-/m0/s1. The molecular formula is C17H35ClO2. The van der Waals surface area contributed by atoms with Crippen LogP contribution in [0.2, 0.25) is 0 Å². The van der Waals surface area contributed by atoms with Crippen LogP contribution in [0.3, 0.4) is 0 Å². The Morgan fingerprint density at radius 3 is 2.30 bits per heavy atom. The van der Waals surface area contributed by atoms with Crippen LogP contribution in [0.15, 0.2) is 0 Å². The summed E-state index contributed by atoms with van der Waals surface area (Å²) in [4.78, 5) is 0. The highest BCUT2D eigenvalue weighted by Crippen LogP contribution is 2.22. The highest BCUT2D eigenvalue weighted by Gasteiger charge is 2.16. The fourth-order valence-electron chi connectivity index (χ4n) is 2.55. The maximum Gasteiger partial charge on any atom is 0.0908 e. The Kier molecular flexibility index (Phi) is 13.0. The molecule has 0 aromatic heterocycles. The molecule has 2 nitrogen and oxygen atoms in total. The lowest BCUT2D eigenvalue weighted by molar-refractivity contribution is -0.0164. The van der Waals surface area contributed by atoms with Crippen molar-refractivity contribution >= 4 is 11.6 Å². The molecule has 0 fully saturated rings. The first-order chi connectivity index (χ1) is 9.53. The van der Waals surface area contributed by atoms with Crippen molar-refractivity contribution in [2.45, 2.75) is 84.8 Å². The maximum absolute atomic E-state index is 9.52. The highest BCUT2D eigenvalue weighted by atomic mass is 35.5. The molecule has 0 saturated carbocycles. The molecule has 0 aromatic carbocycles. The minimum Gasteiger partial charge on any atom is -0.389 e. The van der Waals surface area contributed by atoms with E-state index in [-0.39, 0.29) is 12.0 Å². The van der Waals surface area contributed by atoms with E-state index in [1.54, 1.807) is 0 Å². The molecule has 0 bridgehead atoms. The van der Waals surface area contributed by atoms with Gasteiger partial charge >= 0.3 is 0 Å².